The predicted molar refractivity (Wildman–Crippen MR) is 79.5 cm³/mol. The van der Waals surface area contributed by atoms with Crippen molar-refractivity contribution in [1.82, 2.24) is 9.80 Å². The lowest BCUT2D eigenvalue weighted by molar-refractivity contribution is -0.0211. The van der Waals surface area contributed by atoms with Gasteiger partial charge in [-0.1, -0.05) is 0 Å². The van der Waals surface area contributed by atoms with Crippen molar-refractivity contribution in [2.75, 3.05) is 52.2 Å². The molecule has 0 amide bonds. The van der Waals surface area contributed by atoms with Crippen LogP contribution in [0.3, 0.4) is 0 Å². The van der Waals surface area contributed by atoms with E-state index in [4.69, 9.17) is 4.74 Å². The highest BCUT2D eigenvalue weighted by Gasteiger charge is 2.37. The van der Waals surface area contributed by atoms with E-state index < -0.39 is 0 Å². The maximum absolute atomic E-state index is 5.51. The zero-order valence-corrected chi connectivity index (χ0v) is 13.0. The fourth-order valence-electron chi connectivity index (χ4n) is 3.12. The van der Waals surface area contributed by atoms with Gasteiger partial charge in [0.1, 0.15) is 0 Å². The molecule has 0 saturated carbocycles. The summed E-state index contributed by atoms with van der Waals surface area (Å²) in [5, 5.41) is 0. The Morgan fingerprint density at radius 1 is 1.17 bits per heavy atom. The van der Waals surface area contributed by atoms with Gasteiger partial charge in [0.15, 0.2) is 0 Å². The Morgan fingerprint density at radius 2 is 1.83 bits per heavy atom. The van der Waals surface area contributed by atoms with Gasteiger partial charge in [-0.25, -0.2) is 0 Å². The summed E-state index contributed by atoms with van der Waals surface area (Å²) >= 11 is 4.62. The van der Waals surface area contributed by atoms with Gasteiger partial charge in [0.2, 0.25) is 0 Å². The molecule has 2 aliphatic rings. The summed E-state index contributed by atoms with van der Waals surface area (Å²) in [4.78, 5) is 5.11. The van der Waals surface area contributed by atoms with E-state index in [1.54, 1.807) is 0 Å². The van der Waals surface area contributed by atoms with E-state index in [0.29, 0.717) is 11.0 Å². The number of thiol groups is 1. The molecule has 2 aliphatic heterocycles. The van der Waals surface area contributed by atoms with E-state index >= 15 is 0 Å². The van der Waals surface area contributed by atoms with Crippen LogP contribution in [0.5, 0.6) is 0 Å². The summed E-state index contributed by atoms with van der Waals surface area (Å²) in [5.74, 6) is 0.989. The third kappa shape index (κ3) is 3.21. The van der Waals surface area contributed by atoms with Crippen molar-refractivity contribution in [1.29, 1.82) is 0 Å². The molecule has 2 rings (SSSR count). The van der Waals surface area contributed by atoms with Crippen LogP contribution in [0, 0.1) is 5.41 Å². The predicted octanol–water partition coefficient (Wildman–Crippen LogP) is 1.74. The van der Waals surface area contributed by atoms with Crippen LogP contribution in [0.4, 0.5) is 0 Å². The summed E-state index contributed by atoms with van der Waals surface area (Å²) in [6, 6.07) is 0. The SMILES string of the molecule is CN1CCN(CC2(CS)CCOCC2)CC1(C)C. The van der Waals surface area contributed by atoms with Crippen molar-refractivity contribution in [3.05, 3.63) is 0 Å². The molecular formula is C14H28N2OS. The normalized spacial score (nSPS) is 29.3. The lowest BCUT2D eigenvalue weighted by Gasteiger charge is -2.49. The molecule has 0 aromatic rings. The van der Waals surface area contributed by atoms with Crippen LogP contribution in [0.2, 0.25) is 0 Å². The number of hydrogen-bond acceptors (Lipinski definition) is 4. The van der Waals surface area contributed by atoms with Gasteiger partial charge in [-0.2, -0.15) is 12.6 Å². The van der Waals surface area contributed by atoms with Crippen molar-refractivity contribution >= 4 is 12.6 Å². The number of rotatable bonds is 3. The zero-order valence-electron chi connectivity index (χ0n) is 12.1. The van der Waals surface area contributed by atoms with Gasteiger partial charge in [-0.05, 0) is 44.9 Å². The molecule has 0 aromatic heterocycles. The lowest BCUT2D eigenvalue weighted by Crippen LogP contribution is -2.59. The standard InChI is InChI=1S/C14H28N2OS/c1-13(2)10-16(7-6-15(13)3)11-14(12-18)4-8-17-9-5-14/h18H,4-12H2,1-3H3. The smallest absolute Gasteiger partial charge is 0.0472 e. The maximum atomic E-state index is 5.51. The number of ether oxygens (including phenoxy) is 1. The van der Waals surface area contributed by atoms with Gasteiger partial charge in [-0.3, -0.25) is 9.80 Å². The van der Waals surface area contributed by atoms with Crippen molar-refractivity contribution in [2.24, 2.45) is 5.41 Å². The van der Waals surface area contributed by atoms with Crippen LogP contribution >= 0.6 is 12.6 Å². The third-order valence-electron chi connectivity index (χ3n) is 4.84. The Labute approximate surface area is 117 Å². The molecule has 0 spiro atoms. The molecule has 0 N–H and O–H groups in total. The van der Waals surface area contributed by atoms with E-state index in [2.05, 4.69) is 43.3 Å². The summed E-state index contributed by atoms with van der Waals surface area (Å²) in [7, 11) is 2.24. The fraction of sp³-hybridized carbons (Fsp3) is 1.00. The summed E-state index contributed by atoms with van der Waals surface area (Å²) in [5.41, 5.74) is 0.675. The van der Waals surface area contributed by atoms with E-state index in [9.17, 15) is 0 Å². The Kier molecular flexibility index (Phi) is 4.63. The topological polar surface area (TPSA) is 15.7 Å². The molecule has 2 saturated heterocycles. The minimum absolute atomic E-state index is 0.293. The van der Waals surface area contributed by atoms with Crippen molar-refractivity contribution in [3.63, 3.8) is 0 Å². The quantitative estimate of drug-likeness (QED) is 0.788. The van der Waals surface area contributed by atoms with E-state index in [0.717, 1.165) is 19.0 Å². The van der Waals surface area contributed by atoms with E-state index in [1.807, 2.05) is 0 Å². The Balaban J connectivity index is 1.96. The minimum atomic E-state index is 0.293. The Bertz CT molecular complexity index is 277. The lowest BCUT2D eigenvalue weighted by atomic mass is 9.81. The van der Waals surface area contributed by atoms with Gasteiger partial charge in [0.05, 0.1) is 0 Å². The van der Waals surface area contributed by atoms with E-state index in [1.165, 1.54) is 39.0 Å². The maximum Gasteiger partial charge on any atom is 0.0472 e. The molecule has 0 radical (unpaired) electrons. The fourth-order valence-corrected chi connectivity index (χ4v) is 3.54. The van der Waals surface area contributed by atoms with Crippen LogP contribution in [0.1, 0.15) is 26.7 Å². The number of nitrogens with zero attached hydrogens (tertiary/aromatic N) is 2. The van der Waals surface area contributed by atoms with Crippen molar-refractivity contribution in [2.45, 2.75) is 32.2 Å². The second-order valence-electron chi connectivity index (χ2n) is 6.72. The average Bonchev–Trinajstić information content (AvgIpc) is 2.35. The number of hydrogen-bond donors (Lipinski definition) is 1. The molecule has 0 bridgehead atoms. The Morgan fingerprint density at radius 3 is 2.39 bits per heavy atom. The largest absolute Gasteiger partial charge is 0.381 e. The van der Waals surface area contributed by atoms with Crippen LogP contribution in [-0.4, -0.2) is 67.5 Å². The first-order valence-corrected chi connectivity index (χ1v) is 7.73. The molecule has 106 valence electrons. The zero-order chi connectivity index (χ0) is 13.2. The third-order valence-corrected chi connectivity index (χ3v) is 5.51. The summed E-state index contributed by atoms with van der Waals surface area (Å²) in [6.07, 6.45) is 2.34. The van der Waals surface area contributed by atoms with Gasteiger partial charge < -0.3 is 4.74 Å². The van der Waals surface area contributed by atoms with Crippen molar-refractivity contribution < 1.29 is 4.74 Å². The van der Waals surface area contributed by atoms with Crippen LogP contribution in [0.25, 0.3) is 0 Å². The highest BCUT2D eigenvalue weighted by molar-refractivity contribution is 7.80. The van der Waals surface area contributed by atoms with Gasteiger partial charge in [-0.15, -0.1) is 0 Å². The van der Waals surface area contributed by atoms with Gasteiger partial charge >= 0.3 is 0 Å². The number of piperazine rings is 1. The van der Waals surface area contributed by atoms with Crippen LogP contribution in [0.15, 0.2) is 0 Å². The monoisotopic (exact) mass is 272 g/mol. The number of likely N-dealkylation sites (N-methyl/N-ethyl adjacent to an activating group) is 1. The molecule has 4 heteroatoms. The molecule has 0 unspecified atom stereocenters. The van der Waals surface area contributed by atoms with Gasteiger partial charge in [0.25, 0.3) is 0 Å². The second kappa shape index (κ2) is 5.70. The molecule has 0 aliphatic carbocycles. The first-order chi connectivity index (χ1) is 8.47. The molecule has 2 heterocycles. The first-order valence-electron chi connectivity index (χ1n) is 7.10. The van der Waals surface area contributed by atoms with E-state index in [-0.39, 0.29) is 0 Å². The summed E-state index contributed by atoms with van der Waals surface area (Å²) in [6.45, 7) is 11.2. The Hall–Kier alpha value is 0.230. The van der Waals surface area contributed by atoms with Crippen LogP contribution in [-0.2, 0) is 4.74 Å². The van der Waals surface area contributed by atoms with Crippen molar-refractivity contribution in [3.8, 4) is 0 Å². The first kappa shape index (κ1) is 14.6. The highest BCUT2D eigenvalue weighted by atomic mass is 32.1. The molecule has 0 atom stereocenters. The molecule has 3 nitrogen and oxygen atoms in total. The molecule has 0 aromatic carbocycles. The summed E-state index contributed by atoms with van der Waals surface area (Å²) < 4.78 is 5.51. The van der Waals surface area contributed by atoms with Crippen LogP contribution < -0.4 is 0 Å². The van der Waals surface area contributed by atoms with Gasteiger partial charge in [0, 0.05) is 44.9 Å². The highest BCUT2D eigenvalue weighted by Crippen LogP contribution is 2.34. The molecule has 2 fully saturated rings. The molecular weight excluding hydrogens is 244 g/mol. The second-order valence-corrected chi connectivity index (χ2v) is 7.03. The minimum Gasteiger partial charge on any atom is -0.381 e. The average molecular weight is 272 g/mol. The molecule has 18 heavy (non-hydrogen) atoms.